The van der Waals surface area contributed by atoms with Gasteiger partial charge in [-0.15, -0.1) is 0 Å². The molecule has 1 N–H and O–H groups in total. The second-order valence-corrected chi connectivity index (χ2v) is 7.35. The maximum Gasteiger partial charge on any atom is 0.317 e. The first-order chi connectivity index (χ1) is 12.6. The molecule has 0 saturated carbocycles. The van der Waals surface area contributed by atoms with Crippen LogP contribution in [0.2, 0.25) is 0 Å². The number of fused-ring (bicyclic) bond motifs is 1. The predicted octanol–water partition coefficient (Wildman–Crippen LogP) is 2.00. The van der Waals surface area contributed by atoms with Crippen LogP contribution in [0.25, 0.3) is 0 Å². The summed E-state index contributed by atoms with van der Waals surface area (Å²) in [5.74, 6) is 2.06. The number of carbonyl (C=O) groups is 2. The number of carbonyl (C=O) groups excluding carboxylic acids is 2. The van der Waals surface area contributed by atoms with Crippen LogP contribution >= 0.6 is 0 Å². The third-order valence-corrected chi connectivity index (χ3v) is 5.36. The van der Waals surface area contributed by atoms with Crippen molar-refractivity contribution in [2.24, 2.45) is 5.92 Å². The van der Waals surface area contributed by atoms with Crippen molar-refractivity contribution in [3.63, 3.8) is 0 Å². The molecule has 3 aliphatic rings. The second kappa shape index (κ2) is 7.05. The Bertz CT molecular complexity index is 700. The second-order valence-electron chi connectivity index (χ2n) is 7.35. The average Bonchev–Trinajstić information content (AvgIpc) is 3.02. The van der Waals surface area contributed by atoms with Gasteiger partial charge in [-0.25, -0.2) is 4.79 Å². The number of anilines is 1. The molecule has 1 atom stereocenters. The van der Waals surface area contributed by atoms with Crippen molar-refractivity contribution in [2.45, 2.75) is 32.2 Å². The number of rotatable bonds is 2. The van der Waals surface area contributed by atoms with Crippen LogP contribution in [0.5, 0.6) is 11.5 Å². The first kappa shape index (κ1) is 17.0. The summed E-state index contributed by atoms with van der Waals surface area (Å²) in [5.41, 5.74) is 0.780. The number of urea groups is 1. The quantitative estimate of drug-likeness (QED) is 0.877. The van der Waals surface area contributed by atoms with E-state index < -0.39 is 0 Å². The molecule has 0 spiro atoms. The fourth-order valence-electron chi connectivity index (χ4n) is 3.73. The summed E-state index contributed by atoms with van der Waals surface area (Å²) in [6, 6.07) is 5.31. The van der Waals surface area contributed by atoms with Crippen molar-refractivity contribution in [3.8, 4) is 11.5 Å². The molecule has 2 saturated heterocycles. The van der Waals surface area contributed by atoms with E-state index in [0.717, 1.165) is 31.6 Å². The maximum atomic E-state index is 12.5. The van der Waals surface area contributed by atoms with Crippen LogP contribution in [0.15, 0.2) is 18.2 Å². The summed E-state index contributed by atoms with van der Waals surface area (Å²) >= 11 is 0. The van der Waals surface area contributed by atoms with E-state index in [-0.39, 0.29) is 18.0 Å². The van der Waals surface area contributed by atoms with Gasteiger partial charge in [0.2, 0.25) is 5.91 Å². The normalized spacial score (nSPS) is 23.3. The molecule has 1 aromatic carbocycles. The van der Waals surface area contributed by atoms with Gasteiger partial charge in [-0.1, -0.05) is 6.92 Å². The van der Waals surface area contributed by atoms with Gasteiger partial charge in [0.05, 0.1) is 6.04 Å². The van der Waals surface area contributed by atoms with Gasteiger partial charge in [-0.3, -0.25) is 4.79 Å². The Morgan fingerprint density at radius 2 is 1.88 bits per heavy atom. The Kier molecular flexibility index (Phi) is 4.61. The van der Waals surface area contributed by atoms with Crippen LogP contribution in [-0.4, -0.2) is 55.7 Å². The molecule has 0 radical (unpaired) electrons. The predicted molar refractivity (Wildman–Crippen MR) is 96.7 cm³/mol. The number of hydrogen-bond donors (Lipinski definition) is 1. The van der Waals surface area contributed by atoms with E-state index in [1.54, 1.807) is 4.90 Å². The summed E-state index contributed by atoms with van der Waals surface area (Å²) in [6.45, 7) is 5.33. The Morgan fingerprint density at radius 3 is 2.65 bits per heavy atom. The molecule has 2 fully saturated rings. The molecule has 0 aromatic heterocycles. The lowest BCUT2D eigenvalue weighted by atomic mass is 10.00. The summed E-state index contributed by atoms with van der Waals surface area (Å²) in [5, 5.41) is 3.02. The zero-order chi connectivity index (χ0) is 18.1. The number of nitrogens with zero attached hydrogens (tertiary/aromatic N) is 2. The molecule has 26 heavy (non-hydrogen) atoms. The highest BCUT2D eigenvalue weighted by atomic mass is 16.6. The maximum absolute atomic E-state index is 12.5. The fraction of sp³-hybridized carbons (Fsp3) is 0.579. The van der Waals surface area contributed by atoms with Crippen LogP contribution in [0, 0.1) is 5.92 Å². The summed E-state index contributed by atoms with van der Waals surface area (Å²) < 4.78 is 11.1. The van der Waals surface area contributed by atoms with Crippen LogP contribution in [0.4, 0.5) is 10.5 Å². The third kappa shape index (κ3) is 3.43. The minimum atomic E-state index is -0.164. The molecule has 7 nitrogen and oxygen atoms in total. The molecule has 0 aliphatic carbocycles. The number of likely N-dealkylation sites (tertiary alicyclic amines) is 1. The number of benzene rings is 1. The number of piperidine rings is 1. The van der Waals surface area contributed by atoms with Crippen molar-refractivity contribution in [1.29, 1.82) is 0 Å². The molecule has 3 heterocycles. The Labute approximate surface area is 153 Å². The minimum absolute atomic E-state index is 0.0132. The summed E-state index contributed by atoms with van der Waals surface area (Å²) in [4.78, 5) is 28.5. The lowest BCUT2D eigenvalue weighted by Crippen LogP contribution is -2.48. The van der Waals surface area contributed by atoms with Gasteiger partial charge in [0.25, 0.3) is 0 Å². The standard InChI is InChI=1S/C19H25N3O4/c1-13-4-6-21(7-5-13)19(24)20-14-10-18(23)22(12-14)15-2-3-16-17(11-15)26-9-8-25-16/h2-3,11,13-14H,4-10,12H2,1H3,(H,20,24)/t14-/m1/s1. The molecular formula is C19H25N3O4. The highest BCUT2D eigenvalue weighted by Gasteiger charge is 2.33. The van der Waals surface area contributed by atoms with Gasteiger partial charge in [0.1, 0.15) is 13.2 Å². The Morgan fingerprint density at radius 1 is 1.15 bits per heavy atom. The minimum Gasteiger partial charge on any atom is -0.486 e. The monoisotopic (exact) mass is 359 g/mol. The molecule has 140 valence electrons. The van der Waals surface area contributed by atoms with Gasteiger partial charge >= 0.3 is 6.03 Å². The molecule has 1 aromatic rings. The molecule has 0 unspecified atom stereocenters. The van der Waals surface area contributed by atoms with Crippen molar-refractivity contribution in [2.75, 3.05) is 37.7 Å². The average molecular weight is 359 g/mol. The van der Waals surface area contributed by atoms with Crippen LogP contribution in [0.3, 0.4) is 0 Å². The fourth-order valence-corrected chi connectivity index (χ4v) is 3.73. The molecular weight excluding hydrogens is 334 g/mol. The molecule has 4 rings (SSSR count). The first-order valence-corrected chi connectivity index (χ1v) is 9.35. The van der Waals surface area contributed by atoms with E-state index >= 15 is 0 Å². The van der Waals surface area contributed by atoms with Gasteiger partial charge in [0, 0.05) is 37.8 Å². The summed E-state index contributed by atoms with van der Waals surface area (Å²) in [6.07, 6.45) is 2.41. The molecule has 0 bridgehead atoms. The number of nitrogens with one attached hydrogen (secondary N) is 1. The van der Waals surface area contributed by atoms with Crippen molar-refractivity contribution in [3.05, 3.63) is 18.2 Å². The smallest absolute Gasteiger partial charge is 0.317 e. The zero-order valence-corrected chi connectivity index (χ0v) is 15.1. The highest BCUT2D eigenvalue weighted by molar-refractivity contribution is 5.97. The topological polar surface area (TPSA) is 71.1 Å². The van der Waals surface area contributed by atoms with Crippen molar-refractivity contribution >= 4 is 17.6 Å². The SMILES string of the molecule is CC1CCN(C(=O)N[C@@H]2CC(=O)N(c3ccc4c(c3)OCCO4)C2)CC1. The van der Waals surface area contributed by atoms with Gasteiger partial charge < -0.3 is 24.6 Å². The van der Waals surface area contributed by atoms with Crippen molar-refractivity contribution in [1.82, 2.24) is 10.2 Å². The number of ether oxygens (including phenoxy) is 2. The first-order valence-electron chi connectivity index (χ1n) is 9.35. The lowest BCUT2D eigenvalue weighted by Gasteiger charge is -2.31. The highest BCUT2D eigenvalue weighted by Crippen LogP contribution is 2.35. The Balaban J connectivity index is 1.38. The van der Waals surface area contributed by atoms with E-state index in [4.69, 9.17) is 9.47 Å². The van der Waals surface area contributed by atoms with Crippen molar-refractivity contribution < 1.29 is 19.1 Å². The van der Waals surface area contributed by atoms with E-state index in [2.05, 4.69) is 12.2 Å². The van der Waals surface area contributed by atoms with Gasteiger partial charge in [0.15, 0.2) is 11.5 Å². The van der Waals surface area contributed by atoms with E-state index in [1.165, 1.54) is 0 Å². The van der Waals surface area contributed by atoms with E-state index in [1.807, 2.05) is 23.1 Å². The molecule has 3 amide bonds. The summed E-state index contributed by atoms with van der Waals surface area (Å²) in [7, 11) is 0. The number of hydrogen-bond acceptors (Lipinski definition) is 4. The number of amides is 3. The van der Waals surface area contributed by atoms with Crippen LogP contribution in [-0.2, 0) is 4.79 Å². The zero-order valence-electron chi connectivity index (χ0n) is 15.1. The van der Waals surface area contributed by atoms with E-state index in [9.17, 15) is 9.59 Å². The van der Waals surface area contributed by atoms with Crippen LogP contribution in [0.1, 0.15) is 26.2 Å². The third-order valence-electron chi connectivity index (χ3n) is 5.36. The van der Waals surface area contributed by atoms with E-state index in [0.29, 0.717) is 43.6 Å². The molecule has 7 heteroatoms. The Hall–Kier alpha value is -2.44. The van der Waals surface area contributed by atoms with Gasteiger partial charge in [-0.05, 0) is 30.9 Å². The molecule has 3 aliphatic heterocycles. The lowest BCUT2D eigenvalue weighted by molar-refractivity contribution is -0.117. The van der Waals surface area contributed by atoms with Gasteiger partial charge in [-0.2, -0.15) is 0 Å². The van der Waals surface area contributed by atoms with Crippen LogP contribution < -0.4 is 19.7 Å². The largest absolute Gasteiger partial charge is 0.486 e.